The number of anilines is 2. The number of halogens is 1. The van der Waals surface area contributed by atoms with Gasteiger partial charge in [-0.3, -0.25) is 0 Å². The summed E-state index contributed by atoms with van der Waals surface area (Å²) in [5.41, 5.74) is 2.68. The van der Waals surface area contributed by atoms with Gasteiger partial charge in [-0.15, -0.1) is 0 Å². The van der Waals surface area contributed by atoms with Crippen molar-refractivity contribution >= 4 is 27.4 Å². The van der Waals surface area contributed by atoms with Crippen LogP contribution in [0.5, 0.6) is 0 Å². The van der Waals surface area contributed by atoms with Crippen LogP contribution in [0.15, 0.2) is 35.1 Å². The molecular formula is C17H18BrN5. The van der Waals surface area contributed by atoms with E-state index in [1.165, 1.54) is 0 Å². The van der Waals surface area contributed by atoms with E-state index in [1.54, 1.807) is 6.33 Å². The summed E-state index contributed by atoms with van der Waals surface area (Å²) >= 11 is 3.50. The number of rotatable bonds is 3. The topological polar surface area (TPSA) is 56.0 Å². The monoisotopic (exact) mass is 371 g/mol. The van der Waals surface area contributed by atoms with Gasteiger partial charge >= 0.3 is 0 Å². The highest BCUT2D eigenvalue weighted by Gasteiger charge is 2.28. The molecule has 2 aromatic rings. The highest BCUT2D eigenvalue weighted by Crippen LogP contribution is 2.29. The molecule has 0 amide bonds. The van der Waals surface area contributed by atoms with E-state index in [-0.39, 0.29) is 0 Å². The summed E-state index contributed by atoms with van der Waals surface area (Å²) in [6, 6.07) is 10.5. The van der Waals surface area contributed by atoms with Gasteiger partial charge in [-0.25, -0.2) is 9.97 Å². The van der Waals surface area contributed by atoms with Gasteiger partial charge in [0.1, 0.15) is 18.2 Å². The highest BCUT2D eigenvalue weighted by molar-refractivity contribution is 9.10. The lowest BCUT2D eigenvalue weighted by Gasteiger charge is -2.26. The summed E-state index contributed by atoms with van der Waals surface area (Å²) in [6.45, 7) is 3.79. The molecule has 0 N–H and O–H groups in total. The fourth-order valence-corrected chi connectivity index (χ4v) is 3.31. The van der Waals surface area contributed by atoms with Gasteiger partial charge < -0.3 is 9.80 Å². The number of hydrogen-bond acceptors (Lipinski definition) is 5. The number of nitrogens with zero attached hydrogens (tertiary/aromatic N) is 5. The Kier molecular flexibility index (Phi) is 4.49. The molecule has 0 bridgehead atoms. The first kappa shape index (κ1) is 15.8. The third-order valence-electron chi connectivity index (χ3n) is 4.28. The quantitative estimate of drug-likeness (QED) is 0.829. The lowest BCUT2D eigenvalue weighted by molar-refractivity contribution is 0.683. The fourth-order valence-electron chi connectivity index (χ4n) is 2.96. The molecule has 3 rings (SSSR count). The van der Waals surface area contributed by atoms with Crippen LogP contribution in [-0.2, 0) is 0 Å². The van der Waals surface area contributed by atoms with Crippen molar-refractivity contribution in [1.29, 1.82) is 5.26 Å². The van der Waals surface area contributed by atoms with Gasteiger partial charge in [0.15, 0.2) is 0 Å². The Morgan fingerprint density at radius 3 is 2.91 bits per heavy atom. The zero-order valence-corrected chi connectivity index (χ0v) is 14.8. The van der Waals surface area contributed by atoms with Crippen molar-refractivity contribution < 1.29 is 0 Å². The number of hydrogen-bond donors (Lipinski definition) is 0. The summed E-state index contributed by atoms with van der Waals surface area (Å²) in [6.07, 6.45) is 2.65. The Bertz CT molecular complexity index is 755. The molecule has 1 saturated heterocycles. The van der Waals surface area contributed by atoms with Crippen LogP contribution >= 0.6 is 15.9 Å². The maximum absolute atomic E-state index is 9.33. The van der Waals surface area contributed by atoms with E-state index in [0.29, 0.717) is 6.04 Å². The molecule has 0 aliphatic carbocycles. The molecule has 1 unspecified atom stereocenters. The minimum Gasteiger partial charge on any atom is -0.368 e. The molecular weight excluding hydrogens is 354 g/mol. The molecule has 2 heterocycles. The lowest BCUT2D eigenvalue weighted by atomic mass is 10.2. The lowest BCUT2D eigenvalue weighted by Crippen LogP contribution is -2.35. The molecule has 5 nitrogen and oxygen atoms in total. The summed E-state index contributed by atoms with van der Waals surface area (Å²) in [7, 11) is 2.07. The molecule has 1 atom stereocenters. The van der Waals surface area contributed by atoms with E-state index < -0.39 is 0 Å². The van der Waals surface area contributed by atoms with Crippen LogP contribution in [0.2, 0.25) is 0 Å². The number of nitriles is 1. The maximum atomic E-state index is 9.33. The molecule has 6 heteroatoms. The summed E-state index contributed by atoms with van der Waals surface area (Å²) in [4.78, 5) is 13.0. The minimum absolute atomic E-state index is 0.370. The van der Waals surface area contributed by atoms with Gasteiger partial charge in [0.25, 0.3) is 0 Å². The van der Waals surface area contributed by atoms with E-state index in [2.05, 4.69) is 48.8 Å². The second-order valence-electron chi connectivity index (χ2n) is 5.79. The normalized spacial score (nSPS) is 17.1. The first-order valence-corrected chi connectivity index (χ1v) is 8.34. The Hall–Kier alpha value is -2.13. The number of aryl methyl sites for hydroxylation is 1. The number of likely N-dealkylation sites (N-methyl/N-ethyl adjacent to an activating group) is 1. The van der Waals surface area contributed by atoms with Crippen LogP contribution in [0.1, 0.15) is 17.7 Å². The van der Waals surface area contributed by atoms with E-state index in [1.807, 2.05) is 31.2 Å². The first-order valence-electron chi connectivity index (χ1n) is 7.54. The standard InChI is InChI=1S/C17H18BrN5/c1-12-7-17(21-11-20-12)22(2)15-5-6-23(10-15)16-8-14(18)4-3-13(16)9-19/h3-4,7-8,11,15H,5-6,10H2,1-2H3. The van der Waals surface area contributed by atoms with Gasteiger partial charge in [-0.05, 0) is 31.5 Å². The molecule has 118 valence electrons. The SMILES string of the molecule is Cc1cc(N(C)C2CCN(c3cc(Br)ccc3C#N)C2)ncn1. The second-order valence-corrected chi connectivity index (χ2v) is 6.71. The Labute approximate surface area is 144 Å². The van der Waals surface area contributed by atoms with Crippen LogP contribution in [0.4, 0.5) is 11.5 Å². The van der Waals surface area contributed by atoms with E-state index in [9.17, 15) is 5.26 Å². The average molecular weight is 372 g/mol. The minimum atomic E-state index is 0.370. The summed E-state index contributed by atoms with van der Waals surface area (Å²) in [5, 5.41) is 9.33. The molecule has 23 heavy (non-hydrogen) atoms. The number of aromatic nitrogens is 2. The van der Waals surface area contributed by atoms with Crippen molar-refractivity contribution in [2.45, 2.75) is 19.4 Å². The Morgan fingerprint density at radius 1 is 1.35 bits per heavy atom. The molecule has 0 saturated carbocycles. The summed E-state index contributed by atoms with van der Waals surface area (Å²) < 4.78 is 0.995. The fraction of sp³-hybridized carbons (Fsp3) is 0.353. The zero-order valence-electron chi connectivity index (χ0n) is 13.2. The molecule has 1 aromatic heterocycles. The van der Waals surface area contributed by atoms with Crippen LogP contribution in [-0.4, -0.2) is 36.1 Å². The van der Waals surface area contributed by atoms with E-state index >= 15 is 0 Å². The molecule has 1 aliphatic heterocycles. The predicted octanol–water partition coefficient (Wildman–Crippen LogP) is 3.13. The van der Waals surface area contributed by atoms with Gasteiger partial charge in [-0.2, -0.15) is 5.26 Å². The van der Waals surface area contributed by atoms with Gasteiger partial charge in [-0.1, -0.05) is 15.9 Å². The molecule has 0 radical (unpaired) electrons. The second kappa shape index (κ2) is 6.55. The third kappa shape index (κ3) is 3.30. The largest absolute Gasteiger partial charge is 0.368 e. The van der Waals surface area contributed by atoms with Gasteiger partial charge in [0.05, 0.1) is 11.3 Å². The van der Waals surface area contributed by atoms with Crippen molar-refractivity contribution in [2.75, 3.05) is 29.9 Å². The molecule has 0 spiro atoms. The highest BCUT2D eigenvalue weighted by atomic mass is 79.9. The Balaban J connectivity index is 1.79. The van der Waals surface area contributed by atoms with Crippen LogP contribution in [0, 0.1) is 18.3 Å². The van der Waals surface area contributed by atoms with E-state index in [0.717, 1.165) is 46.7 Å². The van der Waals surface area contributed by atoms with Gasteiger partial charge in [0, 0.05) is 42.4 Å². The first-order chi connectivity index (χ1) is 11.1. The molecule has 1 aromatic carbocycles. The van der Waals surface area contributed by atoms with Crippen molar-refractivity contribution in [3.8, 4) is 6.07 Å². The third-order valence-corrected chi connectivity index (χ3v) is 4.78. The van der Waals surface area contributed by atoms with Crippen molar-refractivity contribution in [3.63, 3.8) is 0 Å². The van der Waals surface area contributed by atoms with E-state index in [4.69, 9.17) is 0 Å². The smallest absolute Gasteiger partial charge is 0.132 e. The van der Waals surface area contributed by atoms with Crippen LogP contribution in [0.25, 0.3) is 0 Å². The molecule has 1 fully saturated rings. The van der Waals surface area contributed by atoms with Gasteiger partial charge in [0.2, 0.25) is 0 Å². The predicted molar refractivity (Wildman–Crippen MR) is 94.6 cm³/mol. The molecule has 1 aliphatic rings. The van der Waals surface area contributed by atoms with Crippen molar-refractivity contribution in [2.24, 2.45) is 0 Å². The van der Waals surface area contributed by atoms with Crippen LogP contribution in [0.3, 0.4) is 0 Å². The zero-order chi connectivity index (χ0) is 16.4. The van der Waals surface area contributed by atoms with Crippen LogP contribution < -0.4 is 9.80 Å². The van der Waals surface area contributed by atoms with Crippen molar-refractivity contribution in [3.05, 3.63) is 46.3 Å². The Morgan fingerprint density at radius 2 is 2.17 bits per heavy atom. The van der Waals surface area contributed by atoms with Crippen molar-refractivity contribution in [1.82, 2.24) is 9.97 Å². The maximum Gasteiger partial charge on any atom is 0.132 e. The average Bonchev–Trinajstić information content (AvgIpc) is 3.04. The number of benzene rings is 1. The summed E-state index contributed by atoms with van der Waals surface area (Å²) in [5.74, 6) is 0.944.